The van der Waals surface area contributed by atoms with Gasteiger partial charge in [-0.1, -0.05) is 20.8 Å². The summed E-state index contributed by atoms with van der Waals surface area (Å²) in [5.41, 5.74) is 1.71. The van der Waals surface area contributed by atoms with E-state index in [1.54, 1.807) is 0 Å². The molecule has 0 aromatic heterocycles. The van der Waals surface area contributed by atoms with Crippen molar-refractivity contribution in [3.8, 4) is 5.75 Å². The Kier molecular flexibility index (Phi) is 5.56. The van der Waals surface area contributed by atoms with E-state index in [2.05, 4.69) is 36.7 Å². The van der Waals surface area contributed by atoms with Crippen LogP contribution in [-0.4, -0.2) is 38.4 Å². The number of aldehydes is 1. The lowest BCUT2D eigenvalue weighted by Crippen LogP contribution is -2.20. The maximum absolute atomic E-state index is 11.2. The van der Waals surface area contributed by atoms with Crippen LogP contribution in [0.5, 0.6) is 5.75 Å². The normalized spacial score (nSPS) is 11.7. The Balaban J connectivity index is 3.02. The molecule has 106 valence electrons. The molecule has 0 unspecified atom stereocenters. The van der Waals surface area contributed by atoms with Crippen molar-refractivity contribution in [1.29, 1.82) is 0 Å². The summed E-state index contributed by atoms with van der Waals surface area (Å²) < 4.78 is 6.55. The molecule has 0 spiro atoms. The smallest absolute Gasteiger partial charge is 0.153 e. The van der Waals surface area contributed by atoms with Gasteiger partial charge in [0, 0.05) is 6.54 Å². The molecule has 0 atom stereocenters. The second-order valence-electron chi connectivity index (χ2n) is 5.90. The number of nitrogens with zero attached hydrogens (tertiary/aromatic N) is 1. The lowest BCUT2D eigenvalue weighted by atomic mass is 9.86. The van der Waals surface area contributed by atoms with Gasteiger partial charge in [-0.05, 0) is 53.1 Å². The number of hydrogen-bond acceptors (Lipinski definition) is 3. The Hall–Kier alpha value is -0.870. The van der Waals surface area contributed by atoms with E-state index in [9.17, 15) is 4.79 Å². The minimum atomic E-state index is 0.00243. The lowest BCUT2D eigenvalue weighted by molar-refractivity contribution is 0.111. The number of halogens is 1. The van der Waals surface area contributed by atoms with Crippen LogP contribution in [0.3, 0.4) is 0 Å². The molecule has 1 aromatic carbocycles. The first kappa shape index (κ1) is 16.2. The zero-order chi connectivity index (χ0) is 14.6. The quantitative estimate of drug-likeness (QED) is 0.775. The van der Waals surface area contributed by atoms with Gasteiger partial charge in [-0.25, -0.2) is 0 Å². The Labute approximate surface area is 124 Å². The van der Waals surface area contributed by atoms with E-state index < -0.39 is 0 Å². The van der Waals surface area contributed by atoms with E-state index in [0.717, 1.165) is 22.9 Å². The van der Waals surface area contributed by atoms with Crippen molar-refractivity contribution >= 4 is 22.2 Å². The first-order valence-electron chi connectivity index (χ1n) is 6.32. The third-order valence-electron chi connectivity index (χ3n) is 2.85. The molecule has 0 aliphatic carbocycles. The summed E-state index contributed by atoms with van der Waals surface area (Å²) in [4.78, 5) is 13.3. The summed E-state index contributed by atoms with van der Waals surface area (Å²) in [5.74, 6) is 0.629. The topological polar surface area (TPSA) is 29.5 Å². The Morgan fingerprint density at radius 3 is 2.42 bits per heavy atom. The van der Waals surface area contributed by atoms with E-state index in [-0.39, 0.29) is 5.41 Å². The molecule has 0 N–H and O–H groups in total. The number of carbonyl (C=O) groups is 1. The second kappa shape index (κ2) is 6.53. The highest BCUT2D eigenvalue weighted by molar-refractivity contribution is 9.10. The fraction of sp³-hybridized carbons (Fsp3) is 0.533. The summed E-state index contributed by atoms with van der Waals surface area (Å²) in [7, 11) is 3.98. The average molecular weight is 328 g/mol. The fourth-order valence-corrected chi connectivity index (χ4v) is 2.21. The molecule has 4 heteroatoms. The van der Waals surface area contributed by atoms with Gasteiger partial charge in [-0.3, -0.25) is 4.79 Å². The van der Waals surface area contributed by atoms with Crippen molar-refractivity contribution in [2.75, 3.05) is 27.2 Å². The number of hydrogen-bond donors (Lipinski definition) is 0. The van der Waals surface area contributed by atoms with Crippen LogP contribution in [0, 0.1) is 0 Å². The molecule has 1 aromatic rings. The van der Waals surface area contributed by atoms with E-state index in [1.807, 2.05) is 31.1 Å². The molecule has 0 saturated carbocycles. The predicted molar refractivity (Wildman–Crippen MR) is 82.3 cm³/mol. The van der Waals surface area contributed by atoms with Gasteiger partial charge < -0.3 is 9.64 Å². The lowest BCUT2D eigenvalue weighted by Gasteiger charge is -2.21. The Morgan fingerprint density at radius 1 is 1.32 bits per heavy atom. The number of rotatable bonds is 5. The van der Waals surface area contributed by atoms with Gasteiger partial charge in [0.1, 0.15) is 12.4 Å². The van der Waals surface area contributed by atoms with Gasteiger partial charge in [-0.2, -0.15) is 0 Å². The van der Waals surface area contributed by atoms with Crippen LogP contribution in [0.1, 0.15) is 36.7 Å². The highest BCUT2D eigenvalue weighted by Gasteiger charge is 2.18. The molecule has 0 aliphatic heterocycles. The summed E-state index contributed by atoms with van der Waals surface area (Å²) in [6.45, 7) is 7.73. The molecular weight excluding hydrogens is 306 g/mol. The zero-order valence-electron chi connectivity index (χ0n) is 12.3. The van der Waals surface area contributed by atoms with Crippen LogP contribution in [-0.2, 0) is 5.41 Å². The maximum atomic E-state index is 11.2. The van der Waals surface area contributed by atoms with Gasteiger partial charge in [0.15, 0.2) is 6.29 Å². The molecule has 3 nitrogen and oxygen atoms in total. The largest absolute Gasteiger partial charge is 0.490 e. The van der Waals surface area contributed by atoms with E-state index in [0.29, 0.717) is 17.9 Å². The van der Waals surface area contributed by atoms with Crippen molar-refractivity contribution in [1.82, 2.24) is 4.90 Å². The number of likely N-dealkylation sites (N-methyl/N-ethyl adjacent to an activating group) is 1. The van der Waals surface area contributed by atoms with Gasteiger partial charge in [0.25, 0.3) is 0 Å². The maximum Gasteiger partial charge on any atom is 0.153 e. The molecule has 19 heavy (non-hydrogen) atoms. The van der Waals surface area contributed by atoms with Gasteiger partial charge >= 0.3 is 0 Å². The molecule has 0 bridgehead atoms. The van der Waals surface area contributed by atoms with Gasteiger partial charge in [-0.15, -0.1) is 0 Å². The summed E-state index contributed by atoms with van der Waals surface area (Å²) in [6.07, 6.45) is 0.852. The van der Waals surface area contributed by atoms with E-state index in [4.69, 9.17) is 4.74 Å². The van der Waals surface area contributed by atoms with Crippen LogP contribution < -0.4 is 4.74 Å². The molecular formula is C15H22BrNO2. The number of ether oxygens (including phenoxy) is 1. The zero-order valence-corrected chi connectivity index (χ0v) is 13.9. The van der Waals surface area contributed by atoms with Crippen LogP contribution in [0.25, 0.3) is 0 Å². The van der Waals surface area contributed by atoms with Crippen molar-refractivity contribution < 1.29 is 9.53 Å². The van der Waals surface area contributed by atoms with Crippen LogP contribution in [0.4, 0.5) is 0 Å². The molecule has 1 rings (SSSR count). The molecule has 0 radical (unpaired) electrons. The molecule has 0 aliphatic rings. The van der Waals surface area contributed by atoms with Crippen molar-refractivity contribution in [2.24, 2.45) is 0 Å². The summed E-state index contributed by atoms with van der Waals surface area (Å²) >= 11 is 3.50. The third kappa shape index (κ3) is 4.62. The average Bonchev–Trinajstić information content (AvgIpc) is 2.28. The predicted octanol–water partition coefficient (Wildman–Crippen LogP) is 3.50. The summed E-state index contributed by atoms with van der Waals surface area (Å²) in [6, 6.07) is 3.93. The summed E-state index contributed by atoms with van der Waals surface area (Å²) in [5, 5.41) is 0. The van der Waals surface area contributed by atoms with Crippen molar-refractivity contribution in [3.05, 3.63) is 27.7 Å². The standard InChI is InChI=1S/C15H22BrNO2/c1-15(2,3)12-8-11(10-18)14(13(16)9-12)19-7-6-17(4)5/h8-10H,6-7H2,1-5H3. The highest BCUT2D eigenvalue weighted by atomic mass is 79.9. The molecule has 0 amide bonds. The minimum absolute atomic E-state index is 0.00243. The SMILES string of the molecule is CN(C)CCOc1c(Br)cc(C(C)(C)C)cc1C=O. The number of benzene rings is 1. The van der Waals surface area contributed by atoms with E-state index in [1.165, 1.54) is 0 Å². The van der Waals surface area contributed by atoms with Gasteiger partial charge in [0.05, 0.1) is 10.0 Å². The molecule has 0 saturated heterocycles. The molecule has 0 heterocycles. The monoisotopic (exact) mass is 327 g/mol. The van der Waals surface area contributed by atoms with Gasteiger partial charge in [0.2, 0.25) is 0 Å². The third-order valence-corrected chi connectivity index (χ3v) is 3.44. The van der Waals surface area contributed by atoms with Crippen molar-refractivity contribution in [2.45, 2.75) is 26.2 Å². The van der Waals surface area contributed by atoms with Crippen LogP contribution in [0.2, 0.25) is 0 Å². The highest BCUT2D eigenvalue weighted by Crippen LogP contribution is 2.34. The second-order valence-corrected chi connectivity index (χ2v) is 6.75. The minimum Gasteiger partial charge on any atom is -0.490 e. The molecule has 0 fully saturated rings. The Bertz CT molecular complexity index is 450. The van der Waals surface area contributed by atoms with Crippen LogP contribution in [0.15, 0.2) is 16.6 Å². The first-order chi connectivity index (χ1) is 8.75. The first-order valence-corrected chi connectivity index (χ1v) is 7.11. The fourth-order valence-electron chi connectivity index (χ4n) is 1.62. The Morgan fingerprint density at radius 2 is 1.95 bits per heavy atom. The van der Waals surface area contributed by atoms with Crippen LogP contribution >= 0.6 is 15.9 Å². The van der Waals surface area contributed by atoms with E-state index >= 15 is 0 Å². The number of carbonyl (C=O) groups excluding carboxylic acids is 1. The van der Waals surface area contributed by atoms with Crippen molar-refractivity contribution in [3.63, 3.8) is 0 Å².